The molecule has 1 heterocycles. The Morgan fingerprint density at radius 2 is 2.18 bits per heavy atom. The summed E-state index contributed by atoms with van der Waals surface area (Å²) in [6, 6.07) is 1.92. The van der Waals surface area contributed by atoms with Gasteiger partial charge in [-0.3, -0.25) is 0 Å². The highest BCUT2D eigenvalue weighted by Gasteiger charge is 2.14. The van der Waals surface area contributed by atoms with E-state index in [2.05, 4.69) is 29.1 Å². The van der Waals surface area contributed by atoms with E-state index in [1.54, 1.807) is 19.4 Å². The summed E-state index contributed by atoms with van der Waals surface area (Å²) in [5, 5.41) is 3.26. The second-order valence-corrected chi connectivity index (χ2v) is 4.08. The Kier molecular flexibility index (Phi) is 5.69. The van der Waals surface area contributed by atoms with Crippen molar-refractivity contribution in [1.29, 1.82) is 0 Å². The van der Waals surface area contributed by atoms with Crippen molar-refractivity contribution in [3.8, 4) is 5.88 Å². The molecule has 0 aromatic carbocycles. The molecule has 1 aromatic rings. The van der Waals surface area contributed by atoms with Crippen LogP contribution in [0.2, 0.25) is 0 Å². The average molecular weight is 239 g/mol. The quantitative estimate of drug-likeness (QED) is 0.788. The minimum atomic E-state index is 0.196. The van der Waals surface area contributed by atoms with E-state index in [9.17, 15) is 0 Å². The molecule has 0 amide bonds. The van der Waals surface area contributed by atoms with E-state index >= 15 is 0 Å². The molecule has 0 saturated carbocycles. The molecule has 17 heavy (non-hydrogen) atoms. The molecular weight excluding hydrogens is 218 g/mol. The Hall–Kier alpha value is -1.36. The number of rotatable bonds is 7. The number of hydrogen-bond acceptors (Lipinski definition) is 5. The zero-order chi connectivity index (χ0) is 12.7. The third kappa shape index (κ3) is 4.56. The largest absolute Gasteiger partial charge is 0.481 e. The number of methoxy groups -OCH3 is 1. The standard InChI is InChI=1S/C12H21N3O2/c1-5-17-8-10(9(2)3)14-12-13-7-6-11(15-12)16-4/h6-7,9-10H,5,8H2,1-4H3,(H,13,14,15). The molecule has 1 unspecified atom stereocenters. The van der Waals surface area contributed by atoms with Gasteiger partial charge in [-0.25, -0.2) is 4.98 Å². The third-order valence-corrected chi connectivity index (χ3v) is 2.46. The van der Waals surface area contributed by atoms with Crippen LogP contribution in [-0.4, -0.2) is 36.3 Å². The van der Waals surface area contributed by atoms with Crippen LogP contribution < -0.4 is 10.1 Å². The molecule has 1 atom stereocenters. The summed E-state index contributed by atoms with van der Waals surface area (Å²) in [5.74, 6) is 1.57. The van der Waals surface area contributed by atoms with Gasteiger partial charge in [-0.1, -0.05) is 13.8 Å². The number of nitrogens with zero attached hydrogens (tertiary/aromatic N) is 2. The predicted octanol–water partition coefficient (Wildman–Crippen LogP) is 1.96. The van der Waals surface area contributed by atoms with Gasteiger partial charge in [-0.15, -0.1) is 0 Å². The zero-order valence-corrected chi connectivity index (χ0v) is 10.9. The number of hydrogen-bond donors (Lipinski definition) is 1. The average Bonchev–Trinajstić information content (AvgIpc) is 2.34. The van der Waals surface area contributed by atoms with Gasteiger partial charge in [0.2, 0.25) is 11.8 Å². The molecule has 1 aromatic heterocycles. The summed E-state index contributed by atoms with van der Waals surface area (Å²) < 4.78 is 10.5. The van der Waals surface area contributed by atoms with E-state index in [4.69, 9.17) is 9.47 Å². The molecule has 1 rings (SSSR count). The van der Waals surface area contributed by atoms with E-state index in [0.717, 1.165) is 0 Å². The van der Waals surface area contributed by atoms with Crippen LogP contribution in [0.3, 0.4) is 0 Å². The third-order valence-electron chi connectivity index (χ3n) is 2.46. The lowest BCUT2D eigenvalue weighted by Gasteiger charge is -2.22. The Morgan fingerprint density at radius 1 is 1.41 bits per heavy atom. The molecule has 5 heteroatoms. The summed E-state index contributed by atoms with van der Waals surface area (Å²) in [6.45, 7) is 7.62. The van der Waals surface area contributed by atoms with Crippen LogP contribution in [-0.2, 0) is 4.74 Å². The first kappa shape index (κ1) is 13.7. The number of nitrogens with one attached hydrogen (secondary N) is 1. The lowest BCUT2D eigenvalue weighted by Crippen LogP contribution is -2.31. The van der Waals surface area contributed by atoms with Crippen molar-refractivity contribution < 1.29 is 9.47 Å². The molecule has 0 aliphatic rings. The van der Waals surface area contributed by atoms with Crippen LogP contribution in [0.25, 0.3) is 0 Å². The van der Waals surface area contributed by atoms with Crippen molar-refractivity contribution in [2.75, 3.05) is 25.6 Å². The van der Waals surface area contributed by atoms with E-state index in [1.807, 2.05) is 6.92 Å². The van der Waals surface area contributed by atoms with Gasteiger partial charge in [0.05, 0.1) is 19.8 Å². The Morgan fingerprint density at radius 3 is 2.76 bits per heavy atom. The van der Waals surface area contributed by atoms with Gasteiger partial charge in [-0.2, -0.15) is 4.98 Å². The Labute approximate surface area is 103 Å². The lowest BCUT2D eigenvalue weighted by atomic mass is 10.1. The van der Waals surface area contributed by atoms with Crippen molar-refractivity contribution >= 4 is 5.95 Å². The summed E-state index contributed by atoms with van der Waals surface area (Å²) in [4.78, 5) is 8.38. The highest BCUT2D eigenvalue weighted by atomic mass is 16.5. The van der Waals surface area contributed by atoms with Gasteiger partial charge in [-0.05, 0) is 12.8 Å². The minimum Gasteiger partial charge on any atom is -0.481 e. The van der Waals surface area contributed by atoms with Gasteiger partial charge < -0.3 is 14.8 Å². The van der Waals surface area contributed by atoms with Crippen molar-refractivity contribution in [2.24, 2.45) is 5.92 Å². The highest BCUT2D eigenvalue weighted by Crippen LogP contribution is 2.12. The molecule has 0 aliphatic carbocycles. The van der Waals surface area contributed by atoms with Crippen LogP contribution in [0.5, 0.6) is 5.88 Å². The van der Waals surface area contributed by atoms with E-state index in [-0.39, 0.29) is 6.04 Å². The summed E-state index contributed by atoms with van der Waals surface area (Å²) in [6.07, 6.45) is 1.67. The van der Waals surface area contributed by atoms with Gasteiger partial charge >= 0.3 is 0 Å². The first-order chi connectivity index (χ1) is 8.17. The van der Waals surface area contributed by atoms with Gasteiger partial charge in [0, 0.05) is 18.9 Å². The molecule has 0 bridgehead atoms. The maximum Gasteiger partial charge on any atom is 0.226 e. The summed E-state index contributed by atoms with van der Waals surface area (Å²) in [5.41, 5.74) is 0. The van der Waals surface area contributed by atoms with Crippen LogP contribution in [0.4, 0.5) is 5.95 Å². The molecule has 0 spiro atoms. The van der Waals surface area contributed by atoms with Crippen LogP contribution in [0.15, 0.2) is 12.3 Å². The summed E-state index contributed by atoms with van der Waals surface area (Å²) >= 11 is 0. The smallest absolute Gasteiger partial charge is 0.226 e. The minimum absolute atomic E-state index is 0.196. The lowest BCUT2D eigenvalue weighted by molar-refractivity contribution is 0.126. The summed E-state index contributed by atoms with van der Waals surface area (Å²) in [7, 11) is 1.59. The normalized spacial score (nSPS) is 12.5. The fourth-order valence-electron chi connectivity index (χ4n) is 1.34. The number of ether oxygens (including phenoxy) is 2. The molecule has 1 N–H and O–H groups in total. The topological polar surface area (TPSA) is 56.3 Å². The van der Waals surface area contributed by atoms with E-state index in [1.165, 1.54) is 0 Å². The zero-order valence-electron chi connectivity index (χ0n) is 10.9. The van der Waals surface area contributed by atoms with Gasteiger partial charge in [0.1, 0.15) is 0 Å². The van der Waals surface area contributed by atoms with Gasteiger partial charge in [0.25, 0.3) is 0 Å². The van der Waals surface area contributed by atoms with Crippen molar-refractivity contribution in [1.82, 2.24) is 9.97 Å². The molecule has 5 nitrogen and oxygen atoms in total. The second kappa shape index (κ2) is 7.06. The van der Waals surface area contributed by atoms with Crippen molar-refractivity contribution in [3.05, 3.63) is 12.3 Å². The first-order valence-corrected chi connectivity index (χ1v) is 5.88. The number of aromatic nitrogens is 2. The van der Waals surface area contributed by atoms with E-state index < -0.39 is 0 Å². The fourth-order valence-corrected chi connectivity index (χ4v) is 1.34. The molecular formula is C12H21N3O2. The van der Waals surface area contributed by atoms with Crippen molar-refractivity contribution in [3.63, 3.8) is 0 Å². The predicted molar refractivity (Wildman–Crippen MR) is 67.3 cm³/mol. The van der Waals surface area contributed by atoms with Gasteiger partial charge in [0.15, 0.2) is 0 Å². The van der Waals surface area contributed by atoms with Crippen LogP contribution in [0.1, 0.15) is 20.8 Å². The van der Waals surface area contributed by atoms with Crippen LogP contribution in [0, 0.1) is 5.92 Å². The SMILES string of the molecule is CCOCC(Nc1nccc(OC)n1)C(C)C. The fraction of sp³-hybridized carbons (Fsp3) is 0.667. The number of anilines is 1. The maximum atomic E-state index is 5.44. The highest BCUT2D eigenvalue weighted by molar-refractivity contribution is 5.29. The molecule has 0 saturated heterocycles. The second-order valence-electron chi connectivity index (χ2n) is 4.08. The maximum absolute atomic E-state index is 5.44. The molecule has 96 valence electrons. The Bertz CT molecular complexity index is 331. The molecule has 0 aliphatic heterocycles. The molecule has 0 radical (unpaired) electrons. The first-order valence-electron chi connectivity index (χ1n) is 5.88. The molecule has 0 fully saturated rings. The van der Waals surface area contributed by atoms with Crippen molar-refractivity contribution in [2.45, 2.75) is 26.8 Å². The van der Waals surface area contributed by atoms with E-state index in [0.29, 0.717) is 31.0 Å². The monoisotopic (exact) mass is 239 g/mol. The Balaban J connectivity index is 2.64. The van der Waals surface area contributed by atoms with Crippen LogP contribution >= 0.6 is 0 Å².